The first-order valence-corrected chi connectivity index (χ1v) is 11.3. The molecule has 0 aromatic rings. The first kappa shape index (κ1) is 18.0. The van der Waals surface area contributed by atoms with Crippen LogP contribution in [0.5, 0.6) is 0 Å². The fourth-order valence-electron chi connectivity index (χ4n) is 8.21. The summed E-state index contributed by atoms with van der Waals surface area (Å²) in [7, 11) is 0. The Kier molecular flexibility index (Phi) is 3.50. The van der Waals surface area contributed by atoms with Crippen LogP contribution in [-0.4, -0.2) is 110 Å². The van der Waals surface area contributed by atoms with E-state index < -0.39 is 0 Å². The number of hydrogen-bond acceptors (Lipinski definition) is 6. The van der Waals surface area contributed by atoms with Crippen molar-refractivity contribution in [3.05, 3.63) is 0 Å². The van der Waals surface area contributed by atoms with E-state index in [0.717, 1.165) is 52.4 Å². The van der Waals surface area contributed by atoms with Crippen LogP contribution in [0.4, 0.5) is 0 Å². The molecule has 0 spiro atoms. The first-order valence-electron chi connectivity index (χ1n) is 11.3. The van der Waals surface area contributed by atoms with Gasteiger partial charge >= 0.3 is 0 Å². The van der Waals surface area contributed by atoms with Crippen molar-refractivity contribution >= 4 is 11.4 Å². The third-order valence-electron chi connectivity index (χ3n) is 8.58. The number of rotatable bonds is 1. The van der Waals surface area contributed by atoms with E-state index in [-0.39, 0.29) is 21.7 Å². The van der Waals surface area contributed by atoms with E-state index in [0.29, 0.717) is 0 Å². The topological polar surface area (TPSA) is 37.7 Å². The van der Waals surface area contributed by atoms with Crippen LogP contribution < -0.4 is 0 Å². The van der Waals surface area contributed by atoms with Gasteiger partial charge in [0.05, 0.1) is 11.4 Å². The van der Waals surface area contributed by atoms with E-state index in [1.807, 2.05) is 0 Å². The van der Waals surface area contributed by atoms with Gasteiger partial charge in [0.15, 0.2) is 0 Å². The Hall–Kier alpha value is -0.820. The minimum Gasteiger partial charge on any atom is -0.300 e. The molecule has 8 bridgehead atoms. The highest BCUT2D eigenvalue weighted by atomic mass is 15.3. The van der Waals surface area contributed by atoms with E-state index in [1.165, 1.54) is 37.6 Å². The SMILES string of the molecule is CC12CN3CCN(C1)CC(C)(C3)C2=NN=C1C2(C)CN3CCN(C2)CC1(C)C3. The number of fused-ring (bicyclic) bond motifs is 2. The Morgan fingerprint density at radius 1 is 0.464 bits per heavy atom. The van der Waals surface area contributed by atoms with Crippen LogP contribution in [0.15, 0.2) is 10.2 Å². The normalized spacial score (nSPS) is 56.7. The second-order valence-electron chi connectivity index (χ2n) is 12.0. The van der Waals surface area contributed by atoms with Crippen molar-refractivity contribution in [1.82, 2.24) is 19.6 Å². The Morgan fingerprint density at radius 3 is 0.893 bits per heavy atom. The molecular weight excluding hydrogens is 348 g/mol. The Bertz CT molecular complexity index is 625. The summed E-state index contributed by atoms with van der Waals surface area (Å²) in [4.78, 5) is 10.7. The molecule has 0 aromatic heterocycles. The van der Waals surface area contributed by atoms with Crippen molar-refractivity contribution in [3.63, 3.8) is 0 Å². The molecule has 8 heterocycles. The van der Waals surface area contributed by atoms with Gasteiger partial charge < -0.3 is 19.6 Å². The van der Waals surface area contributed by atoms with Gasteiger partial charge in [0.1, 0.15) is 0 Å². The molecule has 6 heteroatoms. The van der Waals surface area contributed by atoms with Gasteiger partial charge in [0.2, 0.25) is 0 Å². The quantitative estimate of drug-likeness (QED) is 0.635. The van der Waals surface area contributed by atoms with Gasteiger partial charge in [-0.1, -0.05) is 27.7 Å². The maximum absolute atomic E-state index is 5.19. The number of hydrogen-bond donors (Lipinski definition) is 0. The van der Waals surface area contributed by atoms with Crippen LogP contribution in [0, 0.1) is 21.7 Å². The average molecular weight is 385 g/mol. The summed E-state index contributed by atoms with van der Waals surface area (Å²) in [5, 5.41) is 10.4. The largest absolute Gasteiger partial charge is 0.300 e. The summed E-state index contributed by atoms with van der Waals surface area (Å²) in [6, 6.07) is 0. The second-order valence-corrected chi connectivity index (χ2v) is 12.0. The lowest BCUT2D eigenvalue weighted by Crippen LogP contribution is -2.66. The van der Waals surface area contributed by atoms with Gasteiger partial charge in [0, 0.05) is 100 Å². The summed E-state index contributed by atoms with van der Waals surface area (Å²) >= 11 is 0. The van der Waals surface area contributed by atoms with Crippen molar-refractivity contribution in [2.75, 3.05) is 78.5 Å². The summed E-state index contributed by atoms with van der Waals surface area (Å²) in [5.41, 5.74) is 3.40. The molecule has 0 radical (unpaired) electrons. The molecular formula is C22H36N6. The van der Waals surface area contributed by atoms with Crippen molar-refractivity contribution in [2.45, 2.75) is 27.7 Å². The Balaban J connectivity index is 1.42. The van der Waals surface area contributed by atoms with Gasteiger partial charge in [-0.15, -0.1) is 0 Å². The molecule has 0 N–H and O–H groups in total. The number of piperidine rings is 4. The molecule has 0 aromatic carbocycles. The van der Waals surface area contributed by atoms with Crippen LogP contribution in [0.2, 0.25) is 0 Å². The highest BCUT2D eigenvalue weighted by Crippen LogP contribution is 2.47. The molecule has 6 nitrogen and oxygen atoms in total. The average Bonchev–Trinajstić information content (AvgIpc) is 2.90. The maximum atomic E-state index is 5.19. The summed E-state index contributed by atoms with van der Waals surface area (Å²) < 4.78 is 0. The zero-order valence-electron chi connectivity index (χ0n) is 18.2. The molecule has 0 unspecified atom stereocenters. The van der Waals surface area contributed by atoms with E-state index in [4.69, 9.17) is 10.2 Å². The third-order valence-corrected chi connectivity index (χ3v) is 8.58. The highest BCUT2D eigenvalue weighted by Gasteiger charge is 2.57. The lowest BCUT2D eigenvalue weighted by molar-refractivity contribution is 0.0800. The molecule has 0 atom stereocenters. The lowest BCUT2D eigenvalue weighted by Gasteiger charge is -2.55. The fourth-order valence-corrected chi connectivity index (χ4v) is 8.21. The summed E-state index contributed by atoms with van der Waals surface area (Å²) in [6.45, 7) is 23.8. The molecule has 0 saturated carbocycles. The Morgan fingerprint density at radius 2 is 0.679 bits per heavy atom. The molecule has 8 rings (SSSR count). The molecule has 28 heavy (non-hydrogen) atoms. The Labute approximate surface area is 169 Å². The van der Waals surface area contributed by atoms with Crippen LogP contribution in [0.25, 0.3) is 0 Å². The van der Waals surface area contributed by atoms with Crippen molar-refractivity contribution in [3.8, 4) is 0 Å². The van der Waals surface area contributed by atoms with E-state index >= 15 is 0 Å². The molecule has 8 aliphatic heterocycles. The zero-order chi connectivity index (χ0) is 19.4. The van der Waals surface area contributed by atoms with E-state index in [2.05, 4.69) is 47.3 Å². The van der Waals surface area contributed by atoms with Gasteiger partial charge in [-0.3, -0.25) is 0 Å². The van der Waals surface area contributed by atoms with Crippen LogP contribution in [0.1, 0.15) is 27.7 Å². The molecule has 0 amide bonds. The highest BCUT2D eigenvalue weighted by molar-refractivity contribution is 6.00. The molecule has 154 valence electrons. The van der Waals surface area contributed by atoms with E-state index in [9.17, 15) is 0 Å². The van der Waals surface area contributed by atoms with Gasteiger partial charge in [0.25, 0.3) is 0 Å². The minimum absolute atomic E-state index is 0.156. The monoisotopic (exact) mass is 384 g/mol. The molecule has 8 saturated heterocycles. The fraction of sp³-hybridized carbons (Fsp3) is 0.909. The van der Waals surface area contributed by atoms with Gasteiger partial charge in [-0.2, -0.15) is 10.2 Å². The molecule has 0 aliphatic carbocycles. The molecule has 8 aliphatic rings. The zero-order valence-corrected chi connectivity index (χ0v) is 18.2. The number of nitrogens with zero attached hydrogens (tertiary/aromatic N) is 6. The van der Waals surface area contributed by atoms with Crippen LogP contribution in [0.3, 0.4) is 0 Å². The van der Waals surface area contributed by atoms with Crippen LogP contribution in [-0.2, 0) is 0 Å². The van der Waals surface area contributed by atoms with Crippen molar-refractivity contribution < 1.29 is 0 Å². The van der Waals surface area contributed by atoms with E-state index in [1.54, 1.807) is 0 Å². The minimum atomic E-state index is 0.156. The maximum Gasteiger partial charge on any atom is 0.0574 e. The predicted octanol–water partition coefficient (Wildman–Crippen LogP) is 1.10. The van der Waals surface area contributed by atoms with Crippen LogP contribution >= 0.6 is 0 Å². The summed E-state index contributed by atoms with van der Waals surface area (Å²) in [5.74, 6) is 0. The van der Waals surface area contributed by atoms with Gasteiger partial charge in [-0.25, -0.2) is 0 Å². The van der Waals surface area contributed by atoms with Gasteiger partial charge in [-0.05, 0) is 0 Å². The summed E-state index contributed by atoms with van der Waals surface area (Å²) in [6.07, 6.45) is 0. The van der Waals surface area contributed by atoms with Crippen molar-refractivity contribution in [2.24, 2.45) is 31.9 Å². The molecule has 8 fully saturated rings. The predicted molar refractivity (Wildman–Crippen MR) is 113 cm³/mol. The van der Waals surface area contributed by atoms with Crippen molar-refractivity contribution in [1.29, 1.82) is 0 Å². The second kappa shape index (κ2) is 5.45. The first-order chi connectivity index (χ1) is 13.2. The smallest absolute Gasteiger partial charge is 0.0574 e. The standard InChI is InChI=1S/C22H36N6/c1-19-9-25-5-6-26(10-19)12-20(2,11-25)17(19)23-24-18-21(3)13-27-7-8-28(14-21)16-22(18,4)15-27/h5-16H2,1-4H3. The third kappa shape index (κ3) is 2.41. The lowest BCUT2D eigenvalue weighted by atomic mass is 9.63.